The molecule has 1 atom stereocenters. The Hall–Kier alpha value is -3.16. The van der Waals surface area contributed by atoms with E-state index in [0.29, 0.717) is 43.4 Å². The summed E-state index contributed by atoms with van der Waals surface area (Å²) in [4.78, 5) is 2.69. The Bertz CT molecular complexity index is 1410. The molecule has 0 saturated carbocycles. The largest absolute Gasteiger partial charge is 0.494 e. The molecule has 1 N–H and O–H groups in total. The maximum absolute atomic E-state index is 13.1. The molecule has 4 aromatic carbocycles. The lowest BCUT2D eigenvalue weighted by Gasteiger charge is -2.25. The van der Waals surface area contributed by atoms with Crippen molar-refractivity contribution in [3.63, 3.8) is 0 Å². The summed E-state index contributed by atoms with van der Waals surface area (Å²) in [5.41, 5.74) is 2.95. The standard InChI is InChI=1S/C31H32ClNO4S/c1-2-37-28-13-17-30(18-14-28)38(35,36)29-15-11-24(12-16-29)19-20-33(22-25-7-4-3-5-8-25)23-31(34)26-9-6-10-27(32)21-26/h3-18,21,31,34H,2,19-20,22-23H2,1H3/t31-/m0/s1. The number of hydrogen-bond acceptors (Lipinski definition) is 5. The van der Waals surface area contributed by atoms with Gasteiger partial charge in [0.05, 0.1) is 22.5 Å². The van der Waals surface area contributed by atoms with Crippen LogP contribution >= 0.6 is 11.6 Å². The van der Waals surface area contributed by atoms with E-state index in [1.54, 1.807) is 48.5 Å². The van der Waals surface area contributed by atoms with Gasteiger partial charge in [0.2, 0.25) is 9.84 Å². The van der Waals surface area contributed by atoms with Gasteiger partial charge in [0, 0.05) is 24.7 Å². The number of ether oxygens (including phenoxy) is 1. The molecule has 0 spiro atoms. The summed E-state index contributed by atoms with van der Waals surface area (Å²) in [6.45, 7) is 4.23. The molecule has 0 aliphatic rings. The van der Waals surface area contributed by atoms with Gasteiger partial charge in [-0.3, -0.25) is 4.90 Å². The highest BCUT2D eigenvalue weighted by atomic mass is 35.5. The Morgan fingerprint density at radius 3 is 2.13 bits per heavy atom. The summed E-state index contributed by atoms with van der Waals surface area (Å²) in [5.74, 6) is 0.641. The first-order valence-electron chi connectivity index (χ1n) is 12.6. The van der Waals surface area contributed by atoms with Crippen molar-refractivity contribution in [3.05, 3.63) is 125 Å². The summed E-state index contributed by atoms with van der Waals surface area (Å²) in [6.07, 6.45) is 0.0254. The smallest absolute Gasteiger partial charge is 0.206 e. The molecule has 0 amide bonds. The van der Waals surface area contributed by atoms with E-state index in [1.165, 1.54) is 0 Å². The first-order valence-corrected chi connectivity index (χ1v) is 14.5. The monoisotopic (exact) mass is 549 g/mol. The highest BCUT2D eigenvalue weighted by Gasteiger charge is 2.18. The van der Waals surface area contributed by atoms with Gasteiger partial charge in [-0.2, -0.15) is 0 Å². The van der Waals surface area contributed by atoms with E-state index in [1.807, 2.05) is 49.4 Å². The summed E-state index contributed by atoms with van der Waals surface area (Å²) < 4.78 is 31.6. The predicted octanol–water partition coefficient (Wildman–Crippen LogP) is 6.35. The molecule has 0 radical (unpaired) electrons. The highest BCUT2D eigenvalue weighted by Crippen LogP contribution is 2.24. The van der Waals surface area contributed by atoms with Crippen molar-refractivity contribution >= 4 is 21.4 Å². The Labute approximate surface area is 230 Å². The average molecular weight is 550 g/mol. The third-order valence-corrected chi connectivity index (χ3v) is 8.33. The fraction of sp³-hybridized carbons (Fsp3) is 0.226. The maximum Gasteiger partial charge on any atom is 0.206 e. The highest BCUT2D eigenvalue weighted by molar-refractivity contribution is 7.91. The van der Waals surface area contributed by atoms with E-state index in [4.69, 9.17) is 16.3 Å². The van der Waals surface area contributed by atoms with Gasteiger partial charge in [-0.1, -0.05) is 66.2 Å². The molecule has 0 aromatic heterocycles. The summed E-state index contributed by atoms with van der Waals surface area (Å²) in [7, 11) is -3.62. The van der Waals surface area contributed by atoms with Crippen molar-refractivity contribution in [1.82, 2.24) is 4.90 Å². The topological polar surface area (TPSA) is 66.8 Å². The Morgan fingerprint density at radius 1 is 0.842 bits per heavy atom. The molecule has 7 heteroatoms. The van der Waals surface area contributed by atoms with E-state index in [-0.39, 0.29) is 9.79 Å². The van der Waals surface area contributed by atoms with Gasteiger partial charge in [-0.25, -0.2) is 8.42 Å². The first-order chi connectivity index (χ1) is 18.3. The van der Waals surface area contributed by atoms with Gasteiger partial charge in [-0.05, 0) is 78.6 Å². The Morgan fingerprint density at radius 2 is 1.50 bits per heavy atom. The molecule has 0 aliphatic carbocycles. The summed E-state index contributed by atoms with van der Waals surface area (Å²) in [5, 5.41) is 11.5. The zero-order valence-corrected chi connectivity index (χ0v) is 22.9. The number of benzene rings is 4. The van der Waals surface area contributed by atoms with Crippen LogP contribution in [0.25, 0.3) is 0 Å². The minimum absolute atomic E-state index is 0.234. The number of rotatable bonds is 12. The SMILES string of the molecule is CCOc1ccc(S(=O)(=O)c2ccc(CCN(Cc3ccccc3)C[C@H](O)c3cccc(Cl)c3)cc2)cc1. The summed E-state index contributed by atoms with van der Waals surface area (Å²) in [6, 6.07) is 30.9. The molecular formula is C31H32ClNO4S. The molecule has 4 rings (SSSR count). The normalized spacial score (nSPS) is 12.4. The van der Waals surface area contributed by atoms with Gasteiger partial charge in [0.25, 0.3) is 0 Å². The molecule has 0 aliphatic heterocycles. The zero-order valence-electron chi connectivity index (χ0n) is 21.3. The van der Waals surface area contributed by atoms with Crippen molar-refractivity contribution in [2.24, 2.45) is 0 Å². The van der Waals surface area contributed by atoms with Gasteiger partial charge < -0.3 is 9.84 Å². The van der Waals surface area contributed by atoms with E-state index in [0.717, 1.165) is 16.7 Å². The molecule has 38 heavy (non-hydrogen) atoms. The van der Waals surface area contributed by atoms with Crippen LogP contribution in [0.15, 0.2) is 113 Å². The molecule has 198 valence electrons. The lowest BCUT2D eigenvalue weighted by Crippen LogP contribution is -2.30. The van der Waals surface area contributed by atoms with E-state index >= 15 is 0 Å². The second-order valence-electron chi connectivity index (χ2n) is 9.09. The second kappa shape index (κ2) is 13.1. The molecule has 0 fully saturated rings. The fourth-order valence-electron chi connectivity index (χ4n) is 4.28. The Balaban J connectivity index is 1.44. The third kappa shape index (κ3) is 7.45. The fourth-order valence-corrected chi connectivity index (χ4v) is 5.74. The van der Waals surface area contributed by atoms with Crippen molar-refractivity contribution in [3.8, 4) is 5.75 Å². The van der Waals surface area contributed by atoms with Gasteiger partial charge in [0.1, 0.15) is 5.75 Å². The number of aliphatic hydroxyl groups is 1. The number of hydrogen-bond donors (Lipinski definition) is 1. The molecule has 0 unspecified atom stereocenters. The lowest BCUT2D eigenvalue weighted by molar-refractivity contribution is 0.109. The van der Waals surface area contributed by atoms with Crippen LogP contribution in [0.5, 0.6) is 5.75 Å². The Kier molecular flexibility index (Phi) is 9.58. The second-order valence-corrected chi connectivity index (χ2v) is 11.5. The van der Waals surface area contributed by atoms with Crippen molar-refractivity contribution in [2.45, 2.75) is 35.8 Å². The number of sulfone groups is 1. The molecule has 0 bridgehead atoms. The van der Waals surface area contributed by atoms with E-state index < -0.39 is 15.9 Å². The molecule has 0 saturated heterocycles. The van der Waals surface area contributed by atoms with Crippen molar-refractivity contribution in [2.75, 3.05) is 19.7 Å². The number of aliphatic hydroxyl groups excluding tert-OH is 1. The van der Waals surface area contributed by atoms with Gasteiger partial charge >= 0.3 is 0 Å². The molecule has 0 heterocycles. The van der Waals surface area contributed by atoms with Crippen LogP contribution in [0.2, 0.25) is 5.02 Å². The van der Waals surface area contributed by atoms with Gasteiger partial charge in [-0.15, -0.1) is 0 Å². The van der Waals surface area contributed by atoms with Crippen LogP contribution in [0.4, 0.5) is 0 Å². The first kappa shape index (κ1) is 27.9. The van der Waals surface area contributed by atoms with Crippen LogP contribution in [-0.2, 0) is 22.8 Å². The van der Waals surface area contributed by atoms with Crippen LogP contribution in [0, 0.1) is 0 Å². The maximum atomic E-state index is 13.1. The molecule has 4 aromatic rings. The molecule has 5 nitrogen and oxygen atoms in total. The zero-order chi connectivity index (χ0) is 27.0. The van der Waals surface area contributed by atoms with Crippen molar-refractivity contribution in [1.29, 1.82) is 0 Å². The molecular weight excluding hydrogens is 518 g/mol. The predicted molar refractivity (Wildman–Crippen MR) is 151 cm³/mol. The quantitative estimate of drug-likeness (QED) is 0.223. The minimum Gasteiger partial charge on any atom is -0.494 e. The number of nitrogens with zero attached hydrogens (tertiary/aromatic N) is 1. The van der Waals surface area contributed by atoms with E-state index in [9.17, 15) is 13.5 Å². The van der Waals surface area contributed by atoms with Crippen LogP contribution in [-0.4, -0.2) is 38.1 Å². The minimum atomic E-state index is -3.62. The van der Waals surface area contributed by atoms with Gasteiger partial charge in [0.15, 0.2) is 0 Å². The van der Waals surface area contributed by atoms with E-state index in [2.05, 4.69) is 17.0 Å². The van der Waals surface area contributed by atoms with Crippen LogP contribution in [0.3, 0.4) is 0 Å². The van der Waals surface area contributed by atoms with Crippen molar-refractivity contribution < 1.29 is 18.3 Å². The van der Waals surface area contributed by atoms with Crippen LogP contribution < -0.4 is 4.74 Å². The average Bonchev–Trinajstić information content (AvgIpc) is 2.93. The third-order valence-electron chi connectivity index (χ3n) is 6.31. The lowest BCUT2D eigenvalue weighted by atomic mass is 10.1. The van der Waals surface area contributed by atoms with Crippen LogP contribution in [0.1, 0.15) is 29.7 Å². The number of halogens is 1. The summed E-state index contributed by atoms with van der Waals surface area (Å²) >= 11 is 6.13.